The van der Waals surface area contributed by atoms with E-state index in [0.29, 0.717) is 52.7 Å². The van der Waals surface area contributed by atoms with Crippen LogP contribution in [0.5, 0.6) is 11.5 Å². The molecule has 2 aliphatic rings. The highest BCUT2D eigenvalue weighted by atomic mass is 35.5. The number of amides is 2. The summed E-state index contributed by atoms with van der Waals surface area (Å²) in [6.45, 7) is 1.27. The number of anilines is 2. The van der Waals surface area contributed by atoms with Crippen LogP contribution in [-0.4, -0.2) is 31.6 Å². The van der Waals surface area contributed by atoms with E-state index >= 15 is 0 Å². The van der Waals surface area contributed by atoms with Gasteiger partial charge in [-0.3, -0.25) is 9.59 Å². The Labute approximate surface area is 165 Å². The molecule has 0 unspecified atom stereocenters. The number of hydrogen-bond acceptors (Lipinski definition) is 4. The molecule has 0 saturated carbocycles. The molecule has 6 nitrogen and oxygen atoms in total. The molecule has 1 N–H and O–H groups in total. The lowest BCUT2D eigenvalue weighted by molar-refractivity contribution is -0.122. The van der Waals surface area contributed by atoms with E-state index in [1.54, 1.807) is 41.3 Å². The molecule has 0 spiro atoms. The maximum atomic E-state index is 12.6. The summed E-state index contributed by atoms with van der Waals surface area (Å²) < 4.78 is 11.1. The SMILES string of the molecule is O=C(Nc1ccc(Cl)c(Cl)c1)[C@H]1CC(=O)N(c2ccc3c(c2)OCCO3)C1. The van der Waals surface area contributed by atoms with Gasteiger partial charge in [0.1, 0.15) is 13.2 Å². The van der Waals surface area contributed by atoms with Gasteiger partial charge < -0.3 is 19.7 Å². The number of benzene rings is 2. The first-order valence-electron chi connectivity index (χ1n) is 8.47. The number of halogens is 2. The maximum absolute atomic E-state index is 12.6. The van der Waals surface area contributed by atoms with Gasteiger partial charge in [0.15, 0.2) is 11.5 Å². The number of carbonyl (C=O) groups excluding carboxylic acids is 2. The summed E-state index contributed by atoms with van der Waals surface area (Å²) in [5, 5.41) is 3.56. The van der Waals surface area contributed by atoms with E-state index in [-0.39, 0.29) is 18.2 Å². The second kappa shape index (κ2) is 7.29. The standard InChI is InChI=1S/C19H16Cl2N2O4/c20-14-3-1-12(8-15(14)21)22-19(25)11-7-18(24)23(10-11)13-2-4-16-17(9-13)27-6-5-26-16/h1-4,8-9,11H,5-7,10H2,(H,22,25)/t11-/m0/s1. The zero-order valence-corrected chi connectivity index (χ0v) is 15.7. The molecule has 2 aromatic rings. The molecule has 27 heavy (non-hydrogen) atoms. The summed E-state index contributed by atoms with van der Waals surface area (Å²) in [6, 6.07) is 10.2. The van der Waals surface area contributed by atoms with Crippen molar-refractivity contribution < 1.29 is 19.1 Å². The number of nitrogens with zero attached hydrogens (tertiary/aromatic N) is 1. The predicted octanol–water partition coefficient (Wildman–Crippen LogP) is 3.76. The van der Waals surface area contributed by atoms with Crippen LogP contribution >= 0.6 is 23.2 Å². The van der Waals surface area contributed by atoms with Gasteiger partial charge in [-0.15, -0.1) is 0 Å². The molecule has 1 saturated heterocycles. The van der Waals surface area contributed by atoms with E-state index in [4.69, 9.17) is 32.7 Å². The Morgan fingerprint density at radius 1 is 1.04 bits per heavy atom. The van der Waals surface area contributed by atoms with Crippen LogP contribution in [0.2, 0.25) is 10.0 Å². The lowest BCUT2D eigenvalue weighted by Gasteiger charge is -2.22. The van der Waals surface area contributed by atoms with Crippen LogP contribution in [0.1, 0.15) is 6.42 Å². The molecular weight excluding hydrogens is 391 g/mol. The highest BCUT2D eigenvalue weighted by molar-refractivity contribution is 6.42. The van der Waals surface area contributed by atoms with Crippen LogP contribution in [0.4, 0.5) is 11.4 Å². The first kappa shape index (κ1) is 17.9. The monoisotopic (exact) mass is 406 g/mol. The highest BCUT2D eigenvalue weighted by Gasteiger charge is 2.35. The van der Waals surface area contributed by atoms with E-state index in [9.17, 15) is 9.59 Å². The Kier molecular flexibility index (Phi) is 4.85. The van der Waals surface area contributed by atoms with E-state index in [0.717, 1.165) is 0 Å². The van der Waals surface area contributed by atoms with E-state index in [2.05, 4.69) is 5.32 Å². The molecule has 0 bridgehead atoms. The fourth-order valence-corrected chi connectivity index (χ4v) is 3.45. The van der Waals surface area contributed by atoms with Crippen LogP contribution in [0.15, 0.2) is 36.4 Å². The molecule has 8 heteroatoms. The van der Waals surface area contributed by atoms with Crippen molar-refractivity contribution in [3.63, 3.8) is 0 Å². The lowest BCUT2D eigenvalue weighted by Crippen LogP contribution is -2.28. The molecule has 2 aromatic carbocycles. The number of carbonyl (C=O) groups is 2. The van der Waals surface area contributed by atoms with Gasteiger partial charge in [0.05, 0.1) is 16.0 Å². The summed E-state index contributed by atoms with van der Waals surface area (Å²) in [7, 11) is 0. The summed E-state index contributed by atoms with van der Waals surface area (Å²) in [6.07, 6.45) is 0.140. The maximum Gasteiger partial charge on any atom is 0.229 e. The zero-order valence-electron chi connectivity index (χ0n) is 14.2. The number of nitrogens with one attached hydrogen (secondary N) is 1. The van der Waals surface area contributed by atoms with Crippen LogP contribution in [0, 0.1) is 5.92 Å². The van der Waals surface area contributed by atoms with Gasteiger partial charge in [-0.2, -0.15) is 0 Å². The average molecular weight is 407 g/mol. The van der Waals surface area contributed by atoms with Crippen molar-refractivity contribution in [1.29, 1.82) is 0 Å². The minimum Gasteiger partial charge on any atom is -0.486 e. The summed E-state index contributed by atoms with van der Waals surface area (Å²) in [5.74, 6) is 0.462. The normalized spacial score (nSPS) is 18.5. The van der Waals surface area contributed by atoms with Gasteiger partial charge in [0.2, 0.25) is 11.8 Å². The van der Waals surface area contributed by atoms with Crippen molar-refractivity contribution in [3.8, 4) is 11.5 Å². The summed E-state index contributed by atoms with van der Waals surface area (Å²) >= 11 is 11.9. The van der Waals surface area contributed by atoms with Crippen molar-refractivity contribution in [2.24, 2.45) is 5.92 Å². The molecule has 0 aromatic heterocycles. The largest absolute Gasteiger partial charge is 0.486 e. The van der Waals surface area contributed by atoms with E-state index in [1.165, 1.54) is 0 Å². The van der Waals surface area contributed by atoms with Gasteiger partial charge in [0.25, 0.3) is 0 Å². The average Bonchev–Trinajstić information content (AvgIpc) is 3.06. The van der Waals surface area contributed by atoms with Crippen LogP contribution < -0.4 is 19.7 Å². The number of hydrogen-bond donors (Lipinski definition) is 1. The Balaban J connectivity index is 1.47. The Morgan fingerprint density at radius 2 is 1.81 bits per heavy atom. The predicted molar refractivity (Wildman–Crippen MR) is 103 cm³/mol. The highest BCUT2D eigenvalue weighted by Crippen LogP contribution is 2.36. The lowest BCUT2D eigenvalue weighted by atomic mass is 10.1. The molecule has 4 rings (SSSR count). The smallest absolute Gasteiger partial charge is 0.229 e. The van der Waals surface area contributed by atoms with Gasteiger partial charge in [-0.1, -0.05) is 23.2 Å². The van der Waals surface area contributed by atoms with Gasteiger partial charge in [-0.25, -0.2) is 0 Å². The molecule has 1 fully saturated rings. The molecule has 2 heterocycles. The fourth-order valence-electron chi connectivity index (χ4n) is 3.15. The minimum atomic E-state index is -0.458. The van der Waals surface area contributed by atoms with Gasteiger partial charge in [0, 0.05) is 30.4 Å². The molecule has 140 valence electrons. The zero-order chi connectivity index (χ0) is 19.0. The van der Waals surface area contributed by atoms with Crippen molar-refractivity contribution in [2.75, 3.05) is 30.0 Å². The number of fused-ring (bicyclic) bond motifs is 1. The summed E-state index contributed by atoms with van der Waals surface area (Å²) in [5.41, 5.74) is 1.23. The fraction of sp³-hybridized carbons (Fsp3) is 0.263. The first-order valence-corrected chi connectivity index (χ1v) is 9.23. The molecule has 2 amide bonds. The molecule has 0 radical (unpaired) electrons. The van der Waals surface area contributed by atoms with E-state index < -0.39 is 5.92 Å². The third-order valence-electron chi connectivity index (χ3n) is 4.52. The van der Waals surface area contributed by atoms with Crippen LogP contribution in [-0.2, 0) is 9.59 Å². The van der Waals surface area contributed by atoms with Crippen molar-refractivity contribution in [2.45, 2.75) is 6.42 Å². The second-order valence-electron chi connectivity index (χ2n) is 6.35. The minimum absolute atomic E-state index is 0.110. The number of ether oxygens (including phenoxy) is 2. The van der Waals surface area contributed by atoms with Crippen LogP contribution in [0.25, 0.3) is 0 Å². The third kappa shape index (κ3) is 3.68. The van der Waals surface area contributed by atoms with E-state index in [1.807, 2.05) is 0 Å². The van der Waals surface area contributed by atoms with Crippen molar-refractivity contribution in [3.05, 3.63) is 46.4 Å². The quantitative estimate of drug-likeness (QED) is 0.842. The topological polar surface area (TPSA) is 67.9 Å². The third-order valence-corrected chi connectivity index (χ3v) is 5.26. The molecule has 2 aliphatic heterocycles. The number of rotatable bonds is 3. The summed E-state index contributed by atoms with van der Waals surface area (Å²) in [4.78, 5) is 26.6. The molecular formula is C19H16Cl2N2O4. The Hall–Kier alpha value is -2.44. The Morgan fingerprint density at radius 3 is 2.59 bits per heavy atom. The molecule has 0 aliphatic carbocycles. The Bertz CT molecular complexity index is 919. The van der Waals surface area contributed by atoms with Crippen molar-refractivity contribution >= 4 is 46.4 Å². The first-order chi connectivity index (χ1) is 13.0. The van der Waals surface area contributed by atoms with Gasteiger partial charge in [-0.05, 0) is 30.3 Å². The van der Waals surface area contributed by atoms with Gasteiger partial charge >= 0.3 is 0 Å². The molecule has 1 atom stereocenters. The van der Waals surface area contributed by atoms with Crippen LogP contribution in [0.3, 0.4) is 0 Å². The van der Waals surface area contributed by atoms with Crippen molar-refractivity contribution in [1.82, 2.24) is 0 Å². The second-order valence-corrected chi connectivity index (χ2v) is 7.17.